The van der Waals surface area contributed by atoms with Gasteiger partial charge in [0.1, 0.15) is 0 Å². The highest BCUT2D eigenvalue weighted by Gasteiger charge is 2.95. The molecule has 0 radical (unpaired) electrons. The number of carboxylic acids is 2. The van der Waals surface area contributed by atoms with Crippen molar-refractivity contribution >= 4 is 11.9 Å². The largest absolute Gasteiger partial charge is 0.549 e. The van der Waals surface area contributed by atoms with Gasteiger partial charge in [-0.3, -0.25) is 4.79 Å². The van der Waals surface area contributed by atoms with Crippen LogP contribution in [0, 0.1) is 5.92 Å². The molecule has 21 heteroatoms. The fourth-order valence-corrected chi connectivity index (χ4v) is 2.02. The van der Waals surface area contributed by atoms with Crippen LogP contribution in [0.2, 0.25) is 0 Å². The van der Waals surface area contributed by atoms with Crippen LogP contribution in [0.4, 0.5) is 74.6 Å². The van der Waals surface area contributed by atoms with E-state index in [4.69, 9.17) is 5.11 Å². The average molecular weight is 549 g/mol. The monoisotopic (exact) mass is 549 g/mol. The van der Waals surface area contributed by atoms with Crippen molar-refractivity contribution in [2.24, 2.45) is 5.92 Å². The van der Waals surface area contributed by atoms with E-state index >= 15 is 0 Å². The maximum atomic E-state index is 13.5. The van der Waals surface area contributed by atoms with Crippen molar-refractivity contribution in [2.45, 2.75) is 60.5 Å². The Morgan fingerprint density at radius 3 is 1.15 bits per heavy atom. The Bertz CT molecular complexity index is 771. The van der Waals surface area contributed by atoms with Crippen molar-refractivity contribution in [1.29, 1.82) is 0 Å². The van der Waals surface area contributed by atoms with Crippen molar-refractivity contribution in [2.75, 3.05) is 0 Å². The molecule has 202 valence electrons. The summed E-state index contributed by atoms with van der Waals surface area (Å²) in [5.74, 6) is -66.5. The van der Waals surface area contributed by atoms with Crippen LogP contribution in [0.1, 0.15) is 12.8 Å². The van der Waals surface area contributed by atoms with E-state index in [0.717, 1.165) is 0 Å². The fourth-order valence-electron chi connectivity index (χ4n) is 2.02. The van der Waals surface area contributed by atoms with Gasteiger partial charge in [-0.2, -0.15) is 74.6 Å². The lowest BCUT2D eigenvalue weighted by Crippen LogP contribution is -2.74. The predicted octanol–water partition coefficient (Wildman–Crippen LogP) is 4.23. The Labute approximate surface area is 174 Å². The van der Waals surface area contributed by atoms with Gasteiger partial charge in [0, 0.05) is 6.42 Å². The quantitative estimate of drug-likeness (QED) is 0.310. The summed E-state index contributed by atoms with van der Waals surface area (Å²) < 4.78 is 221. The van der Waals surface area contributed by atoms with Crippen molar-refractivity contribution in [3.63, 3.8) is 0 Å². The first-order chi connectivity index (χ1) is 14.5. The number of carboxylic acid groups (broad SMARTS) is 2. The number of halogens is 17. The van der Waals surface area contributed by atoms with Crippen LogP contribution in [0.15, 0.2) is 0 Å². The number of carbonyl (C=O) groups excluding carboxylic acids is 1. The molecule has 0 aromatic heterocycles. The predicted molar refractivity (Wildman–Crippen MR) is 66.1 cm³/mol. The maximum Gasteiger partial charge on any atom is 0.460 e. The van der Waals surface area contributed by atoms with E-state index in [0.29, 0.717) is 0 Å². The second-order valence-electron chi connectivity index (χ2n) is 6.40. The van der Waals surface area contributed by atoms with E-state index in [1.54, 1.807) is 0 Å². The summed E-state index contributed by atoms with van der Waals surface area (Å²) in [5, 5.41) is 18.6. The summed E-state index contributed by atoms with van der Waals surface area (Å²) in [5.41, 5.74) is 0. The molecule has 0 heterocycles. The summed E-state index contributed by atoms with van der Waals surface area (Å²) in [4.78, 5) is 20.8. The van der Waals surface area contributed by atoms with Crippen molar-refractivity contribution < 1.29 is 94.4 Å². The van der Waals surface area contributed by atoms with Crippen molar-refractivity contribution in [1.82, 2.24) is 0 Å². The highest BCUT2D eigenvalue weighted by Crippen LogP contribution is 2.64. The van der Waals surface area contributed by atoms with E-state index in [1.807, 2.05) is 0 Å². The number of hydrogen-bond acceptors (Lipinski definition) is 3. The van der Waals surface area contributed by atoms with Crippen LogP contribution in [0.5, 0.6) is 0 Å². The van der Waals surface area contributed by atoms with Crippen LogP contribution in [-0.2, 0) is 9.59 Å². The molecule has 0 bridgehead atoms. The first kappa shape index (κ1) is 31.8. The Kier molecular flexibility index (Phi) is 7.89. The first-order valence-electron chi connectivity index (χ1n) is 7.64. The minimum absolute atomic E-state index is 2.35. The van der Waals surface area contributed by atoms with E-state index < -0.39 is 78.3 Å². The molecular weight excluding hydrogens is 543 g/mol. The molecule has 0 aliphatic carbocycles. The van der Waals surface area contributed by atoms with Gasteiger partial charge in [-0.1, -0.05) is 0 Å². The lowest BCUT2D eigenvalue weighted by Gasteiger charge is -2.42. The van der Waals surface area contributed by atoms with Gasteiger partial charge >= 0.3 is 53.6 Å². The third-order valence-electron chi connectivity index (χ3n) is 4.12. The molecule has 0 amide bonds. The van der Waals surface area contributed by atoms with Gasteiger partial charge in [0.2, 0.25) is 0 Å². The molecule has 1 N–H and O–H groups in total. The molecule has 0 fully saturated rings. The zero-order chi connectivity index (χ0) is 28.1. The number of aliphatic carboxylic acids is 2. The van der Waals surface area contributed by atoms with Crippen molar-refractivity contribution in [3.05, 3.63) is 0 Å². The molecular formula is C13H6F17O4-. The molecule has 0 saturated carbocycles. The smallest absolute Gasteiger partial charge is 0.460 e. The molecule has 4 nitrogen and oxygen atoms in total. The Balaban J connectivity index is 6.55. The van der Waals surface area contributed by atoms with Gasteiger partial charge in [-0.15, -0.1) is 0 Å². The normalized spacial score (nSPS) is 16.4. The fraction of sp³-hybridized carbons (Fsp3) is 0.846. The van der Waals surface area contributed by atoms with Crippen LogP contribution in [0.3, 0.4) is 0 Å². The van der Waals surface area contributed by atoms with Gasteiger partial charge in [0.15, 0.2) is 0 Å². The maximum absolute atomic E-state index is 13.5. The topological polar surface area (TPSA) is 77.4 Å². The molecule has 1 unspecified atom stereocenters. The Hall–Kier alpha value is -2.25. The average Bonchev–Trinajstić information content (AvgIpc) is 2.58. The summed E-state index contributed by atoms with van der Waals surface area (Å²) in [6, 6.07) is 0. The molecule has 0 aliphatic rings. The molecule has 1 atom stereocenters. The van der Waals surface area contributed by atoms with E-state index in [-0.39, 0.29) is 0 Å². The highest BCUT2D eigenvalue weighted by molar-refractivity contribution is 5.91. The van der Waals surface area contributed by atoms with E-state index in [9.17, 15) is 89.3 Å². The third-order valence-corrected chi connectivity index (χ3v) is 4.12. The van der Waals surface area contributed by atoms with Crippen LogP contribution >= 0.6 is 0 Å². The first-order valence-corrected chi connectivity index (χ1v) is 7.64. The standard InChI is InChI=1S/C13H7F17O4/c14-6(15,2-1-3(4(31)32)5(33)34)7(16,17)8(18,19)9(20,21)10(22,23)11(24,25)12(26,27)13(28,29)30/h3H,1-2H2,(H,31,32)(H,33,34)/p-1. The molecule has 0 saturated heterocycles. The molecule has 34 heavy (non-hydrogen) atoms. The number of hydrogen-bond donors (Lipinski definition) is 1. The van der Waals surface area contributed by atoms with Gasteiger partial charge < -0.3 is 15.0 Å². The number of rotatable bonds is 11. The highest BCUT2D eigenvalue weighted by atomic mass is 19.4. The zero-order valence-corrected chi connectivity index (χ0v) is 15.1. The number of alkyl halides is 17. The van der Waals surface area contributed by atoms with Gasteiger partial charge in [0.05, 0.1) is 11.9 Å². The SMILES string of the molecule is O=C([O-])C(CCC(F)(F)C(F)(F)C(F)(F)C(F)(F)C(F)(F)C(F)(F)C(F)(F)C(F)(F)F)C(=O)O. The van der Waals surface area contributed by atoms with E-state index in [1.165, 1.54) is 0 Å². The summed E-state index contributed by atoms with van der Waals surface area (Å²) >= 11 is 0. The Morgan fingerprint density at radius 2 is 0.882 bits per heavy atom. The van der Waals surface area contributed by atoms with E-state index in [2.05, 4.69) is 0 Å². The third kappa shape index (κ3) is 4.40. The molecule has 0 aromatic carbocycles. The number of carbonyl (C=O) groups is 2. The second-order valence-corrected chi connectivity index (χ2v) is 6.40. The minimum atomic E-state index is -8.78. The summed E-state index contributed by atoms with van der Waals surface area (Å²) in [6.07, 6.45) is -13.4. The van der Waals surface area contributed by atoms with Gasteiger partial charge in [-0.05, 0) is 6.42 Å². The van der Waals surface area contributed by atoms with Gasteiger partial charge in [0.25, 0.3) is 0 Å². The molecule has 0 spiro atoms. The molecule has 0 aliphatic heterocycles. The van der Waals surface area contributed by atoms with Crippen LogP contribution < -0.4 is 5.11 Å². The minimum Gasteiger partial charge on any atom is -0.549 e. The lowest BCUT2D eigenvalue weighted by molar-refractivity contribution is -0.461. The zero-order valence-electron chi connectivity index (χ0n) is 15.1. The van der Waals surface area contributed by atoms with Crippen LogP contribution in [-0.4, -0.2) is 64.7 Å². The van der Waals surface area contributed by atoms with Crippen molar-refractivity contribution in [3.8, 4) is 0 Å². The Morgan fingerprint density at radius 1 is 0.588 bits per heavy atom. The second kappa shape index (κ2) is 8.45. The van der Waals surface area contributed by atoms with Gasteiger partial charge in [-0.25, -0.2) is 0 Å². The lowest BCUT2D eigenvalue weighted by atomic mass is 9.87. The van der Waals surface area contributed by atoms with Crippen LogP contribution in [0.25, 0.3) is 0 Å². The molecule has 0 rings (SSSR count). The molecule has 0 aromatic rings. The summed E-state index contributed by atoms with van der Waals surface area (Å²) in [7, 11) is 0. The summed E-state index contributed by atoms with van der Waals surface area (Å²) in [6.45, 7) is 0.